The molecular formula is C18H27N5O4S. The van der Waals surface area contributed by atoms with Gasteiger partial charge < -0.3 is 19.7 Å². The highest BCUT2D eigenvalue weighted by Gasteiger charge is 2.23. The molecule has 1 aromatic heterocycles. The number of anilines is 2. The van der Waals surface area contributed by atoms with Crippen molar-refractivity contribution in [2.45, 2.75) is 19.3 Å². The zero-order valence-corrected chi connectivity index (χ0v) is 17.3. The summed E-state index contributed by atoms with van der Waals surface area (Å²) in [5.74, 6) is 3.20. The molecule has 28 heavy (non-hydrogen) atoms. The van der Waals surface area contributed by atoms with Crippen LogP contribution in [0.4, 0.5) is 11.8 Å². The van der Waals surface area contributed by atoms with Gasteiger partial charge in [0.2, 0.25) is 16.8 Å². The Balaban J connectivity index is 1.84. The molecule has 2 heterocycles. The quantitative estimate of drug-likeness (QED) is 0.562. The first kappa shape index (κ1) is 20.4. The van der Waals surface area contributed by atoms with E-state index in [1.165, 1.54) is 0 Å². The van der Waals surface area contributed by atoms with E-state index in [4.69, 9.17) is 14.5 Å². The number of methoxy groups -OCH3 is 2. The number of thiol groups is 1. The number of hydrogen-bond donors (Lipinski definition) is 3. The topological polar surface area (TPSA) is 106 Å². The van der Waals surface area contributed by atoms with Gasteiger partial charge >= 0.3 is 0 Å². The van der Waals surface area contributed by atoms with Crippen LogP contribution in [-0.4, -0.2) is 59.3 Å². The lowest BCUT2D eigenvalue weighted by molar-refractivity contribution is 0.355. The van der Waals surface area contributed by atoms with Gasteiger partial charge in [0, 0.05) is 38.1 Å². The van der Waals surface area contributed by atoms with Crippen molar-refractivity contribution >= 4 is 33.6 Å². The summed E-state index contributed by atoms with van der Waals surface area (Å²) in [7, 11) is 2.50. The van der Waals surface area contributed by atoms with E-state index < -0.39 is 10.9 Å². The predicted octanol–water partition coefficient (Wildman–Crippen LogP) is 1.41. The number of benzene rings is 1. The fourth-order valence-corrected chi connectivity index (χ4v) is 3.90. The maximum atomic E-state index is 10.6. The van der Waals surface area contributed by atoms with Crippen LogP contribution < -0.4 is 24.4 Å². The molecule has 1 aliphatic heterocycles. The lowest BCUT2D eigenvalue weighted by atomic mass is 9.93. The second kappa shape index (κ2) is 9.24. The molecule has 1 saturated heterocycles. The summed E-state index contributed by atoms with van der Waals surface area (Å²) in [6.07, 6.45) is 2.84. The normalized spacial score (nSPS) is 15.2. The van der Waals surface area contributed by atoms with Gasteiger partial charge in [0.15, 0.2) is 11.5 Å². The molecule has 1 fully saturated rings. The molecule has 0 bridgehead atoms. The number of fused-ring (bicyclic) bond motifs is 1. The molecule has 0 saturated carbocycles. The van der Waals surface area contributed by atoms with E-state index >= 15 is 0 Å². The van der Waals surface area contributed by atoms with Crippen molar-refractivity contribution in [2.75, 3.05) is 51.1 Å². The molecule has 2 aromatic rings. The van der Waals surface area contributed by atoms with E-state index in [1.54, 1.807) is 21.3 Å². The molecule has 1 aliphatic rings. The Labute approximate surface area is 166 Å². The molecule has 0 spiro atoms. The van der Waals surface area contributed by atoms with Crippen molar-refractivity contribution in [3.8, 4) is 11.5 Å². The Morgan fingerprint density at radius 3 is 2.43 bits per heavy atom. The summed E-state index contributed by atoms with van der Waals surface area (Å²) < 4.78 is 34.6. The Hall–Kier alpha value is -2.33. The molecule has 154 valence electrons. The monoisotopic (exact) mass is 409 g/mol. The van der Waals surface area contributed by atoms with Gasteiger partial charge in [-0.05, 0) is 31.2 Å². The molecule has 0 aliphatic carbocycles. The molecule has 0 unspecified atom stereocenters. The number of ether oxygens (including phenoxy) is 2. The highest BCUT2D eigenvalue weighted by atomic mass is 32.2. The lowest BCUT2D eigenvalue weighted by Gasteiger charge is -2.33. The van der Waals surface area contributed by atoms with Crippen LogP contribution in [0.25, 0.3) is 10.9 Å². The third kappa shape index (κ3) is 4.56. The Bertz CT molecular complexity index is 889. The maximum Gasteiger partial charge on any atom is 0.224 e. The SMILES string of the molecule is CNc1nc(N2CCC(CCN[SH](=O)=O)CC2)c2cc(OC)c(OC)cc2n1. The molecule has 0 atom stereocenters. The number of nitrogens with one attached hydrogen (secondary N) is 2. The first-order valence-electron chi connectivity index (χ1n) is 9.30. The zero-order valence-electron chi connectivity index (χ0n) is 16.4. The largest absolute Gasteiger partial charge is 0.493 e. The Morgan fingerprint density at radius 1 is 1.14 bits per heavy atom. The first-order chi connectivity index (χ1) is 13.5. The fourth-order valence-electron chi connectivity index (χ4n) is 3.59. The summed E-state index contributed by atoms with van der Waals surface area (Å²) in [6, 6.07) is 3.78. The summed E-state index contributed by atoms with van der Waals surface area (Å²) >= 11 is 0. The minimum atomic E-state index is -2.51. The molecule has 0 radical (unpaired) electrons. The molecule has 3 rings (SSSR count). The van der Waals surface area contributed by atoms with Gasteiger partial charge in [-0.25, -0.2) is 18.1 Å². The Kier molecular flexibility index (Phi) is 6.74. The van der Waals surface area contributed by atoms with E-state index in [1.807, 2.05) is 12.1 Å². The highest BCUT2D eigenvalue weighted by molar-refractivity contribution is 7.70. The van der Waals surface area contributed by atoms with E-state index in [0.29, 0.717) is 29.9 Å². The van der Waals surface area contributed by atoms with E-state index in [0.717, 1.165) is 49.1 Å². The standard InChI is InChI=1S/C18H27N5O4S/c1-19-18-21-14-11-16(27-3)15(26-2)10-13(14)17(22-18)23-8-5-12(6-9-23)4-7-20-28(24)25/h10-12,28H,4-9H2,1-3H3,(H,19,21,22)(H,20,24,25). The maximum absolute atomic E-state index is 10.6. The van der Waals surface area contributed by atoms with E-state index in [9.17, 15) is 8.42 Å². The van der Waals surface area contributed by atoms with Gasteiger partial charge in [0.05, 0.1) is 19.7 Å². The zero-order chi connectivity index (χ0) is 20.1. The van der Waals surface area contributed by atoms with E-state index in [2.05, 4.69) is 19.9 Å². The van der Waals surface area contributed by atoms with Gasteiger partial charge in [0.25, 0.3) is 0 Å². The van der Waals surface area contributed by atoms with Crippen LogP contribution in [0.2, 0.25) is 0 Å². The smallest absolute Gasteiger partial charge is 0.224 e. The summed E-state index contributed by atoms with van der Waals surface area (Å²) in [5.41, 5.74) is 0.789. The number of aromatic nitrogens is 2. The van der Waals surface area contributed by atoms with Crippen molar-refractivity contribution in [1.82, 2.24) is 14.7 Å². The second-order valence-corrected chi connectivity index (χ2v) is 7.56. The van der Waals surface area contributed by atoms with Crippen LogP contribution in [0.15, 0.2) is 12.1 Å². The van der Waals surface area contributed by atoms with Crippen molar-refractivity contribution < 1.29 is 17.9 Å². The average Bonchev–Trinajstić information content (AvgIpc) is 2.72. The van der Waals surface area contributed by atoms with E-state index in [-0.39, 0.29) is 0 Å². The van der Waals surface area contributed by atoms with Crippen molar-refractivity contribution in [3.05, 3.63) is 12.1 Å². The van der Waals surface area contributed by atoms with Gasteiger partial charge in [0.1, 0.15) is 5.82 Å². The summed E-state index contributed by atoms with van der Waals surface area (Å²) in [6.45, 7) is 2.22. The molecule has 2 N–H and O–H groups in total. The molecule has 10 heteroatoms. The van der Waals surface area contributed by atoms with Gasteiger partial charge in [-0.15, -0.1) is 0 Å². The number of nitrogens with zero attached hydrogens (tertiary/aromatic N) is 3. The molecule has 1 aromatic carbocycles. The van der Waals surface area contributed by atoms with Crippen LogP contribution >= 0.6 is 0 Å². The molecule has 0 amide bonds. The number of hydrogen-bond acceptors (Lipinski definition) is 8. The number of rotatable bonds is 8. The van der Waals surface area contributed by atoms with Crippen LogP contribution in [0.3, 0.4) is 0 Å². The average molecular weight is 410 g/mol. The highest BCUT2D eigenvalue weighted by Crippen LogP contribution is 2.37. The Morgan fingerprint density at radius 2 is 1.82 bits per heavy atom. The number of piperidine rings is 1. The van der Waals surface area contributed by atoms with Crippen LogP contribution in [0, 0.1) is 5.92 Å². The first-order valence-corrected chi connectivity index (χ1v) is 10.5. The molecule has 9 nitrogen and oxygen atoms in total. The van der Waals surface area contributed by atoms with Crippen molar-refractivity contribution in [1.29, 1.82) is 0 Å². The van der Waals surface area contributed by atoms with Crippen LogP contribution in [-0.2, 0) is 10.9 Å². The lowest BCUT2D eigenvalue weighted by Crippen LogP contribution is -2.35. The van der Waals surface area contributed by atoms with Gasteiger partial charge in [-0.1, -0.05) is 0 Å². The molecular weight excluding hydrogens is 382 g/mol. The third-order valence-corrected chi connectivity index (χ3v) is 5.59. The minimum Gasteiger partial charge on any atom is -0.493 e. The van der Waals surface area contributed by atoms with Crippen molar-refractivity contribution in [2.24, 2.45) is 5.92 Å². The van der Waals surface area contributed by atoms with Crippen molar-refractivity contribution in [3.63, 3.8) is 0 Å². The van der Waals surface area contributed by atoms with Gasteiger partial charge in [-0.2, -0.15) is 4.98 Å². The second-order valence-electron chi connectivity index (χ2n) is 6.73. The predicted molar refractivity (Wildman–Crippen MR) is 110 cm³/mol. The summed E-state index contributed by atoms with van der Waals surface area (Å²) in [4.78, 5) is 11.5. The summed E-state index contributed by atoms with van der Waals surface area (Å²) in [5, 5.41) is 3.94. The van der Waals surface area contributed by atoms with Crippen LogP contribution in [0.1, 0.15) is 19.3 Å². The van der Waals surface area contributed by atoms with Gasteiger partial charge in [-0.3, -0.25) is 0 Å². The fraction of sp³-hybridized carbons (Fsp3) is 0.556. The minimum absolute atomic E-state index is 0.501. The van der Waals surface area contributed by atoms with Crippen LogP contribution in [0.5, 0.6) is 11.5 Å². The third-order valence-electron chi connectivity index (χ3n) is 5.11.